The van der Waals surface area contributed by atoms with Gasteiger partial charge in [0.15, 0.2) is 0 Å². The Morgan fingerprint density at radius 3 is 2.63 bits per heavy atom. The first-order valence-electron chi connectivity index (χ1n) is 5.92. The largest absolute Gasteiger partial charge is 0.383 e. The van der Waals surface area contributed by atoms with Gasteiger partial charge >= 0.3 is 0 Å². The first kappa shape index (κ1) is 14.1. The highest BCUT2D eigenvalue weighted by Crippen LogP contribution is 2.40. The summed E-state index contributed by atoms with van der Waals surface area (Å²) in [5.74, 6) is 0.950. The van der Waals surface area contributed by atoms with Crippen molar-refractivity contribution in [3.05, 3.63) is 47.1 Å². The quantitative estimate of drug-likeness (QED) is 0.894. The molecule has 1 aliphatic carbocycles. The van der Waals surface area contributed by atoms with E-state index in [9.17, 15) is 0 Å². The van der Waals surface area contributed by atoms with Crippen LogP contribution in [0.5, 0.6) is 0 Å². The number of pyridine rings is 1. The third-order valence-corrected chi connectivity index (χ3v) is 3.58. The zero-order valence-electron chi connectivity index (χ0n) is 10.2. The van der Waals surface area contributed by atoms with Crippen molar-refractivity contribution in [2.75, 3.05) is 5.73 Å². The van der Waals surface area contributed by atoms with Crippen LogP contribution in [0.15, 0.2) is 36.5 Å². The molecule has 5 heteroatoms. The summed E-state index contributed by atoms with van der Waals surface area (Å²) in [6, 6.07) is 9.97. The van der Waals surface area contributed by atoms with Crippen molar-refractivity contribution in [1.29, 1.82) is 0 Å². The van der Waals surface area contributed by atoms with E-state index in [4.69, 9.17) is 23.1 Å². The molecule has 0 saturated heterocycles. The van der Waals surface area contributed by atoms with Gasteiger partial charge in [-0.15, -0.1) is 12.4 Å². The van der Waals surface area contributed by atoms with E-state index in [2.05, 4.69) is 11.1 Å². The summed E-state index contributed by atoms with van der Waals surface area (Å²) >= 11 is 6.00. The van der Waals surface area contributed by atoms with E-state index in [1.165, 1.54) is 0 Å². The lowest BCUT2D eigenvalue weighted by Gasteiger charge is -2.08. The van der Waals surface area contributed by atoms with Gasteiger partial charge in [0.05, 0.1) is 0 Å². The van der Waals surface area contributed by atoms with E-state index in [0.717, 1.165) is 23.1 Å². The number of hydrogen-bond donors (Lipinski definition) is 2. The fraction of sp³-hybridized carbons (Fsp3) is 0.214. The van der Waals surface area contributed by atoms with Gasteiger partial charge in [0.25, 0.3) is 0 Å². The monoisotopic (exact) mass is 295 g/mol. The summed E-state index contributed by atoms with van der Waals surface area (Å²) in [7, 11) is 0. The normalized spacial score (nSPS) is 20.7. The standard InChI is InChI=1S/C14H14ClN3.ClH/c15-10-3-1-2-8(4-10)12-5-9(7-18-14(12)17)11-6-13(11)16;/h1-5,7,11,13H,6,16H2,(H2,17,18);1H. The number of nitrogen functional groups attached to an aromatic ring is 1. The molecule has 4 N–H and O–H groups in total. The van der Waals surface area contributed by atoms with Crippen molar-refractivity contribution in [1.82, 2.24) is 4.98 Å². The molecule has 19 heavy (non-hydrogen) atoms. The van der Waals surface area contributed by atoms with Crippen molar-refractivity contribution in [2.45, 2.75) is 18.4 Å². The fourth-order valence-electron chi connectivity index (χ4n) is 2.18. The molecule has 2 unspecified atom stereocenters. The van der Waals surface area contributed by atoms with E-state index in [0.29, 0.717) is 16.8 Å². The highest BCUT2D eigenvalue weighted by Gasteiger charge is 2.35. The lowest BCUT2D eigenvalue weighted by Crippen LogP contribution is -2.02. The number of benzene rings is 1. The molecule has 2 aromatic rings. The third-order valence-electron chi connectivity index (χ3n) is 3.34. The second kappa shape index (κ2) is 5.37. The second-order valence-corrected chi connectivity index (χ2v) is 5.15. The van der Waals surface area contributed by atoms with Crippen LogP contribution in [0.25, 0.3) is 11.1 Å². The zero-order chi connectivity index (χ0) is 12.7. The Morgan fingerprint density at radius 1 is 1.26 bits per heavy atom. The van der Waals surface area contributed by atoms with Crippen LogP contribution in [0.2, 0.25) is 5.02 Å². The van der Waals surface area contributed by atoms with Gasteiger partial charge < -0.3 is 11.5 Å². The second-order valence-electron chi connectivity index (χ2n) is 4.72. The Kier molecular flexibility index (Phi) is 3.99. The van der Waals surface area contributed by atoms with Gasteiger partial charge in [0, 0.05) is 28.7 Å². The van der Waals surface area contributed by atoms with E-state index >= 15 is 0 Å². The van der Waals surface area contributed by atoms with Gasteiger partial charge in [-0.1, -0.05) is 23.7 Å². The predicted molar refractivity (Wildman–Crippen MR) is 81.7 cm³/mol. The van der Waals surface area contributed by atoms with E-state index in [1.807, 2.05) is 30.5 Å². The molecule has 1 aromatic heterocycles. The molecule has 1 aromatic carbocycles. The molecule has 0 amide bonds. The van der Waals surface area contributed by atoms with Gasteiger partial charge in [-0.25, -0.2) is 4.98 Å². The van der Waals surface area contributed by atoms with Crippen LogP contribution in [0, 0.1) is 0 Å². The van der Waals surface area contributed by atoms with Gasteiger partial charge in [0.2, 0.25) is 0 Å². The van der Waals surface area contributed by atoms with Gasteiger partial charge in [-0.05, 0) is 35.7 Å². The minimum Gasteiger partial charge on any atom is -0.383 e. The maximum absolute atomic E-state index is 6.00. The molecule has 0 bridgehead atoms. The molecule has 100 valence electrons. The summed E-state index contributed by atoms with van der Waals surface area (Å²) < 4.78 is 0. The van der Waals surface area contributed by atoms with Crippen LogP contribution in [-0.4, -0.2) is 11.0 Å². The van der Waals surface area contributed by atoms with Gasteiger partial charge in [0.1, 0.15) is 5.82 Å². The summed E-state index contributed by atoms with van der Waals surface area (Å²) in [4.78, 5) is 4.26. The molecular weight excluding hydrogens is 281 g/mol. The number of anilines is 1. The minimum atomic E-state index is 0. The molecule has 1 saturated carbocycles. The lowest BCUT2D eigenvalue weighted by molar-refractivity contribution is 0.982. The van der Waals surface area contributed by atoms with Crippen molar-refractivity contribution < 1.29 is 0 Å². The number of halogens is 2. The summed E-state index contributed by atoms with van der Waals surface area (Å²) in [5, 5.41) is 0.695. The van der Waals surface area contributed by atoms with Gasteiger partial charge in [-0.2, -0.15) is 0 Å². The molecule has 3 nitrogen and oxygen atoms in total. The maximum Gasteiger partial charge on any atom is 0.131 e. The number of nitrogens with two attached hydrogens (primary N) is 2. The van der Waals surface area contributed by atoms with Crippen molar-refractivity contribution in [2.24, 2.45) is 5.73 Å². The maximum atomic E-state index is 6.00. The molecule has 0 spiro atoms. The van der Waals surface area contributed by atoms with Crippen LogP contribution in [-0.2, 0) is 0 Å². The number of hydrogen-bond acceptors (Lipinski definition) is 3. The lowest BCUT2D eigenvalue weighted by atomic mass is 10.0. The number of nitrogens with zero attached hydrogens (tertiary/aromatic N) is 1. The first-order chi connectivity index (χ1) is 8.65. The Morgan fingerprint density at radius 2 is 2.00 bits per heavy atom. The van der Waals surface area contributed by atoms with Crippen molar-refractivity contribution in [3.63, 3.8) is 0 Å². The Bertz CT molecular complexity index is 601. The van der Waals surface area contributed by atoms with E-state index < -0.39 is 0 Å². The van der Waals surface area contributed by atoms with E-state index in [-0.39, 0.29) is 18.4 Å². The minimum absolute atomic E-state index is 0. The number of aromatic nitrogens is 1. The Hall–Kier alpha value is -1.29. The Labute approximate surface area is 123 Å². The van der Waals surface area contributed by atoms with Crippen molar-refractivity contribution >= 4 is 29.8 Å². The highest BCUT2D eigenvalue weighted by molar-refractivity contribution is 6.30. The molecule has 0 radical (unpaired) electrons. The SMILES string of the molecule is Cl.Nc1ncc(C2CC2N)cc1-c1cccc(Cl)c1. The summed E-state index contributed by atoms with van der Waals surface area (Å²) in [6.45, 7) is 0. The Balaban J connectivity index is 0.00000133. The third kappa shape index (κ3) is 2.84. The van der Waals surface area contributed by atoms with Crippen LogP contribution >= 0.6 is 24.0 Å². The molecule has 2 atom stereocenters. The molecule has 3 rings (SSSR count). The highest BCUT2D eigenvalue weighted by atomic mass is 35.5. The van der Waals surface area contributed by atoms with E-state index in [1.54, 1.807) is 0 Å². The fourth-order valence-corrected chi connectivity index (χ4v) is 2.37. The zero-order valence-corrected chi connectivity index (χ0v) is 11.8. The van der Waals surface area contributed by atoms with Crippen LogP contribution in [0.4, 0.5) is 5.82 Å². The molecule has 1 fully saturated rings. The molecule has 0 aliphatic heterocycles. The smallest absolute Gasteiger partial charge is 0.131 e. The van der Waals surface area contributed by atoms with Crippen LogP contribution in [0.1, 0.15) is 17.9 Å². The van der Waals surface area contributed by atoms with Crippen LogP contribution < -0.4 is 11.5 Å². The molecule has 1 aliphatic rings. The average molecular weight is 296 g/mol. The van der Waals surface area contributed by atoms with Crippen molar-refractivity contribution in [3.8, 4) is 11.1 Å². The first-order valence-corrected chi connectivity index (χ1v) is 6.30. The van der Waals surface area contributed by atoms with Gasteiger partial charge in [-0.3, -0.25) is 0 Å². The predicted octanol–water partition coefficient (Wildman–Crippen LogP) is 3.22. The summed E-state index contributed by atoms with van der Waals surface area (Å²) in [5.41, 5.74) is 14.9. The topological polar surface area (TPSA) is 64.9 Å². The average Bonchev–Trinajstić information content (AvgIpc) is 3.07. The number of rotatable bonds is 2. The molecular formula is C14H15Cl2N3. The summed E-state index contributed by atoms with van der Waals surface area (Å²) in [6.07, 6.45) is 2.85. The molecule has 1 heterocycles. The van der Waals surface area contributed by atoms with Crippen LogP contribution in [0.3, 0.4) is 0 Å².